The van der Waals surface area contributed by atoms with Gasteiger partial charge in [-0.3, -0.25) is 4.90 Å². The molecule has 0 amide bonds. The summed E-state index contributed by atoms with van der Waals surface area (Å²) in [5.41, 5.74) is 2.94. The van der Waals surface area contributed by atoms with E-state index in [0.29, 0.717) is 0 Å². The van der Waals surface area contributed by atoms with Gasteiger partial charge in [0.05, 0.1) is 5.69 Å². The van der Waals surface area contributed by atoms with E-state index >= 15 is 0 Å². The van der Waals surface area contributed by atoms with Crippen LogP contribution >= 0.6 is 11.6 Å². The molecule has 0 atom stereocenters. The Morgan fingerprint density at radius 2 is 1.82 bits per heavy atom. The van der Waals surface area contributed by atoms with Crippen molar-refractivity contribution in [2.75, 3.05) is 31.5 Å². The molecule has 5 rings (SSSR count). The molecule has 1 aromatic carbocycles. The number of nitrogens with one attached hydrogen (secondary N) is 1. The third kappa shape index (κ3) is 3.49. The van der Waals surface area contributed by atoms with E-state index in [4.69, 9.17) is 16.6 Å². The Morgan fingerprint density at radius 3 is 2.64 bits per heavy atom. The van der Waals surface area contributed by atoms with E-state index in [9.17, 15) is 0 Å². The molecule has 6 heteroatoms. The first-order chi connectivity index (χ1) is 13.8. The molecular weight excluding hydrogens is 370 g/mol. The topological polar surface area (TPSA) is 43.8 Å². The number of fused-ring (bicyclic) bond motifs is 2. The number of hydrogen-bond donors (Lipinski definition) is 1. The van der Waals surface area contributed by atoms with Crippen molar-refractivity contribution in [2.24, 2.45) is 4.99 Å². The number of piperazine rings is 1. The van der Waals surface area contributed by atoms with Gasteiger partial charge in [-0.2, -0.15) is 0 Å². The van der Waals surface area contributed by atoms with Crippen molar-refractivity contribution in [3.05, 3.63) is 47.1 Å². The number of amidine groups is 1. The van der Waals surface area contributed by atoms with Gasteiger partial charge in [0.1, 0.15) is 11.5 Å². The summed E-state index contributed by atoms with van der Waals surface area (Å²) < 4.78 is 0. The van der Waals surface area contributed by atoms with Crippen LogP contribution in [-0.4, -0.2) is 52.8 Å². The second kappa shape index (κ2) is 7.72. The van der Waals surface area contributed by atoms with Crippen LogP contribution in [0.2, 0.25) is 5.02 Å². The number of halogens is 1. The van der Waals surface area contributed by atoms with Crippen molar-refractivity contribution >= 4 is 34.6 Å². The van der Waals surface area contributed by atoms with Crippen LogP contribution in [0.25, 0.3) is 0 Å². The molecule has 1 aromatic heterocycles. The van der Waals surface area contributed by atoms with Gasteiger partial charge in [0.25, 0.3) is 0 Å². The molecule has 0 unspecified atom stereocenters. The Morgan fingerprint density at radius 1 is 1.00 bits per heavy atom. The smallest absolute Gasteiger partial charge is 0.156 e. The molecule has 2 aromatic rings. The van der Waals surface area contributed by atoms with E-state index in [0.717, 1.165) is 65.8 Å². The number of benzene rings is 1. The van der Waals surface area contributed by atoms with Gasteiger partial charge in [0, 0.05) is 49.0 Å². The quantitative estimate of drug-likeness (QED) is 0.751. The zero-order valence-corrected chi connectivity index (χ0v) is 16.8. The molecule has 146 valence electrons. The monoisotopic (exact) mass is 395 g/mol. The Labute approximate surface area is 171 Å². The van der Waals surface area contributed by atoms with Gasteiger partial charge in [-0.05, 0) is 43.2 Å². The summed E-state index contributed by atoms with van der Waals surface area (Å²) in [6.45, 7) is 4.20. The van der Waals surface area contributed by atoms with Gasteiger partial charge in [-0.25, -0.2) is 9.98 Å². The highest BCUT2D eigenvalue weighted by molar-refractivity contribution is 6.31. The number of anilines is 2. The van der Waals surface area contributed by atoms with E-state index in [1.54, 1.807) is 6.20 Å². The van der Waals surface area contributed by atoms with Gasteiger partial charge in [-0.1, -0.05) is 30.9 Å². The molecule has 0 bridgehead atoms. The molecule has 5 nitrogen and oxygen atoms in total. The Hall–Kier alpha value is -2.11. The summed E-state index contributed by atoms with van der Waals surface area (Å²) in [5.74, 6) is 1.79. The summed E-state index contributed by atoms with van der Waals surface area (Å²) in [6, 6.07) is 10.7. The maximum atomic E-state index is 6.35. The van der Waals surface area contributed by atoms with Gasteiger partial charge in [0.15, 0.2) is 5.82 Å². The first-order valence-electron chi connectivity index (χ1n) is 10.4. The second-order valence-electron chi connectivity index (χ2n) is 7.94. The number of aliphatic imine (C=N–C) groups is 1. The standard InChI is InChI=1S/C22H26ClN5/c23-16-8-9-19-18(15-16)22(26-20-7-4-10-24-21(20)25-19)28-13-11-27(12-14-28)17-5-2-1-3-6-17/h4,7-10,15,17H,1-3,5-6,11-14H2,(H,24,25). The lowest BCUT2D eigenvalue weighted by Gasteiger charge is -2.41. The molecule has 1 N–H and O–H groups in total. The highest BCUT2D eigenvalue weighted by Crippen LogP contribution is 2.34. The van der Waals surface area contributed by atoms with Gasteiger partial charge >= 0.3 is 0 Å². The summed E-state index contributed by atoms with van der Waals surface area (Å²) >= 11 is 6.35. The highest BCUT2D eigenvalue weighted by Gasteiger charge is 2.28. The lowest BCUT2D eigenvalue weighted by Crippen LogP contribution is -2.52. The van der Waals surface area contributed by atoms with Crippen LogP contribution in [0.15, 0.2) is 41.5 Å². The van der Waals surface area contributed by atoms with Crippen LogP contribution in [-0.2, 0) is 0 Å². The minimum Gasteiger partial charge on any atom is -0.353 e. The number of aromatic nitrogens is 1. The summed E-state index contributed by atoms with van der Waals surface area (Å²) in [7, 11) is 0. The molecule has 3 aliphatic rings. The average molecular weight is 396 g/mol. The molecule has 0 spiro atoms. The average Bonchev–Trinajstić information content (AvgIpc) is 2.91. The maximum absolute atomic E-state index is 6.35. The van der Waals surface area contributed by atoms with E-state index in [2.05, 4.69) is 20.1 Å². The summed E-state index contributed by atoms with van der Waals surface area (Å²) in [6.07, 6.45) is 8.71. The normalized spacial score (nSPS) is 20.6. The van der Waals surface area contributed by atoms with Crippen LogP contribution in [0.4, 0.5) is 17.2 Å². The van der Waals surface area contributed by atoms with E-state index in [1.807, 2.05) is 30.3 Å². The Balaban J connectivity index is 1.43. The van der Waals surface area contributed by atoms with Crippen molar-refractivity contribution in [1.29, 1.82) is 0 Å². The fourth-order valence-electron chi connectivity index (χ4n) is 4.68. The number of pyridine rings is 1. The lowest BCUT2D eigenvalue weighted by atomic mass is 9.94. The molecule has 28 heavy (non-hydrogen) atoms. The van der Waals surface area contributed by atoms with Crippen LogP contribution in [0.3, 0.4) is 0 Å². The zero-order valence-electron chi connectivity index (χ0n) is 16.1. The zero-order chi connectivity index (χ0) is 18.9. The number of nitrogens with zero attached hydrogens (tertiary/aromatic N) is 4. The van der Waals surface area contributed by atoms with E-state index < -0.39 is 0 Å². The van der Waals surface area contributed by atoms with Crippen molar-refractivity contribution in [3.63, 3.8) is 0 Å². The van der Waals surface area contributed by atoms with Crippen LogP contribution < -0.4 is 5.32 Å². The molecule has 2 aliphatic heterocycles. The fraction of sp³-hybridized carbons (Fsp3) is 0.455. The molecule has 3 heterocycles. The predicted molar refractivity (Wildman–Crippen MR) is 115 cm³/mol. The molecule has 0 radical (unpaired) electrons. The minimum absolute atomic E-state index is 0.730. The first kappa shape index (κ1) is 18.0. The van der Waals surface area contributed by atoms with E-state index in [1.165, 1.54) is 32.1 Å². The first-order valence-corrected chi connectivity index (χ1v) is 10.8. The molecule has 1 aliphatic carbocycles. The van der Waals surface area contributed by atoms with Gasteiger partial charge in [0.2, 0.25) is 0 Å². The summed E-state index contributed by atoms with van der Waals surface area (Å²) in [4.78, 5) is 14.6. The van der Waals surface area contributed by atoms with Crippen molar-refractivity contribution in [3.8, 4) is 0 Å². The molecule has 1 saturated heterocycles. The Bertz CT molecular complexity index is 882. The van der Waals surface area contributed by atoms with Gasteiger partial charge < -0.3 is 10.2 Å². The molecular formula is C22H26ClN5. The molecule has 2 fully saturated rings. The number of rotatable bonds is 1. The molecule has 1 saturated carbocycles. The minimum atomic E-state index is 0.730. The third-order valence-electron chi connectivity index (χ3n) is 6.19. The lowest BCUT2D eigenvalue weighted by molar-refractivity contribution is 0.107. The van der Waals surface area contributed by atoms with Crippen molar-refractivity contribution in [1.82, 2.24) is 14.8 Å². The summed E-state index contributed by atoms with van der Waals surface area (Å²) in [5, 5.41) is 4.17. The fourth-order valence-corrected chi connectivity index (χ4v) is 4.85. The SMILES string of the molecule is Clc1ccc2c(c1)C(N1CCN(C3CCCCC3)CC1)=Nc1cccnc1N2. The van der Waals surface area contributed by atoms with Gasteiger partial charge in [-0.15, -0.1) is 0 Å². The van der Waals surface area contributed by atoms with Crippen LogP contribution in [0.5, 0.6) is 0 Å². The van der Waals surface area contributed by atoms with Crippen molar-refractivity contribution < 1.29 is 0 Å². The van der Waals surface area contributed by atoms with Crippen molar-refractivity contribution in [2.45, 2.75) is 38.1 Å². The second-order valence-corrected chi connectivity index (χ2v) is 8.37. The largest absolute Gasteiger partial charge is 0.353 e. The van der Waals surface area contributed by atoms with Crippen LogP contribution in [0.1, 0.15) is 37.7 Å². The predicted octanol–water partition coefficient (Wildman–Crippen LogP) is 4.82. The Kier molecular flexibility index (Phi) is 4.95. The maximum Gasteiger partial charge on any atom is 0.156 e. The highest BCUT2D eigenvalue weighted by atomic mass is 35.5. The third-order valence-corrected chi connectivity index (χ3v) is 6.43. The van der Waals surface area contributed by atoms with Crippen LogP contribution in [0, 0.1) is 0 Å². The van der Waals surface area contributed by atoms with E-state index in [-0.39, 0.29) is 0 Å². The number of hydrogen-bond acceptors (Lipinski definition) is 5.